The summed E-state index contributed by atoms with van der Waals surface area (Å²) in [6.07, 6.45) is 0. The minimum absolute atomic E-state index is 0.0548. The van der Waals surface area contributed by atoms with Gasteiger partial charge < -0.3 is 15.2 Å². The Kier molecular flexibility index (Phi) is 9.38. The summed E-state index contributed by atoms with van der Waals surface area (Å²) in [5.41, 5.74) is 3.39. The van der Waals surface area contributed by atoms with E-state index in [1.165, 1.54) is 11.8 Å². The van der Waals surface area contributed by atoms with Crippen molar-refractivity contribution in [2.45, 2.75) is 52.4 Å². The van der Waals surface area contributed by atoms with Gasteiger partial charge in [-0.05, 0) is 78.0 Å². The lowest BCUT2D eigenvalue weighted by atomic mass is 10.0. The number of carbonyl (C=O) groups excluding carboxylic acids is 2. The van der Waals surface area contributed by atoms with Crippen LogP contribution in [0.15, 0.2) is 46.0 Å². The molecule has 2 amide bonds. The van der Waals surface area contributed by atoms with Crippen molar-refractivity contribution in [2.75, 3.05) is 11.1 Å². The van der Waals surface area contributed by atoms with Gasteiger partial charge in [-0.25, -0.2) is 0 Å². The molecule has 2 aromatic carbocycles. The third-order valence-corrected chi connectivity index (χ3v) is 7.55. The van der Waals surface area contributed by atoms with Crippen molar-refractivity contribution >= 4 is 56.8 Å². The van der Waals surface area contributed by atoms with Crippen LogP contribution in [0.1, 0.15) is 54.1 Å². The van der Waals surface area contributed by atoms with E-state index in [2.05, 4.69) is 36.8 Å². The van der Waals surface area contributed by atoms with Crippen LogP contribution in [0.5, 0.6) is 0 Å². The predicted octanol–water partition coefficient (Wildman–Crippen LogP) is 6.19. The van der Waals surface area contributed by atoms with Gasteiger partial charge in [0.25, 0.3) is 5.91 Å². The van der Waals surface area contributed by atoms with Gasteiger partial charge in [0, 0.05) is 11.0 Å². The molecule has 35 heavy (non-hydrogen) atoms. The highest BCUT2D eigenvalue weighted by atomic mass is 79.9. The zero-order chi connectivity index (χ0) is 25.7. The molecule has 186 valence electrons. The molecule has 3 aromatic rings. The quantitative estimate of drug-likeness (QED) is 0.296. The molecule has 0 aliphatic heterocycles. The molecule has 0 saturated carbocycles. The van der Waals surface area contributed by atoms with E-state index in [0.717, 1.165) is 21.3 Å². The van der Waals surface area contributed by atoms with Crippen molar-refractivity contribution in [1.82, 2.24) is 20.1 Å². The number of anilines is 1. The van der Waals surface area contributed by atoms with Gasteiger partial charge in [-0.1, -0.05) is 49.3 Å². The first kappa shape index (κ1) is 27.2. The summed E-state index contributed by atoms with van der Waals surface area (Å²) in [5, 5.41) is 15.7. The molecule has 0 aliphatic carbocycles. The van der Waals surface area contributed by atoms with Crippen LogP contribution < -0.4 is 10.6 Å². The Morgan fingerprint density at radius 1 is 1.14 bits per heavy atom. The van der Waals surface area contributed by atoms with Crippen LogP contribution in [-0.2, 0) is 11.3 Å². The summed E-state index contributed by atoms with van der Waals surface area (Å²) in [6.45, 7) is 10.6. The maximum atomic E-state index is 12.9. The highest BCUT2D eigenvalue weighted by molar-refractivity contribution is 9.10. The molecule has 1 aromatic heterocycles. The molecule has 10 heteroatoms. The Bertz CT molecular complexity index is 1230. The first-order chi connectivity index (χ1) is 16.6. The van der Waals surface area contributed by atoms with Crippen molar-refractivity contribution in [1.29, 1.82) is 0 Å². The van der Waals surface area contributed by atoms with Gasteiger partial charge >= 0.3 is 0 Å². The molecule has 0 fully saturated rings. The number of halogens is 2. The fraction of sp³-hybridized carbons (Fsp3) is 0.360. The van der Waals surface area contributed by atoms with Crippen molar-refractivity contribution in [3.63, 3.8) is 0 Å². The molecule has 7 nitrogen and oxygen atoms in total. The molecule has 0 bridgehead atoms. The van der Waals surface area contributed by atoms with E-state index >= 15 is 0 Å². The summed E-state index contributed by atoms with van der Waals surface area (Å²) in [6, 6.07) is 10.5. The van der Waals surface area contributed by atoms with E-state index in [4.69, 9.17) is 11.6 Å². The van der Waals surface area contributed by atoms with Crippen LogP contribution in [-0.4, -0.2) is 32.3 Å². The van der Waals surface area contributed by atoms with E-state index in [-0.39, 0.29) is 29.5 Å². The summed E-state index contributed by atoms with van der Waals surface area (Å²) < 4.78 is 2.77. The van der Waals surface area contributed by atoms with Crippen LogP contribution >= 0.6 is 39.3 Å². The lowest BCUT2D eigenvalue weighted by molar-refractivity contribution is -0.113. The minimum Gasteiger partial charge on any atom is -0.342 e. The molecule has 0 radical (unpaired) electrons. The normalized spacial score (nSPS) is 12.0. The van der Waals surface area contributed by atoms with E-state index in [0.29, 0.717) is 28.1 Å². The van der Waals surface area contributed by atoms with E-state index in [1.807, 2.05) is 51.3 Å². The maximum Gasteiger partial charge on any atom is 0.253 e. The number of benzene rings is 2. The van der Waals surface area contributed by atoms with Gasteiger partial charge in [-0.2, -0.15) is 0 Å². The average Bonchev–Trinajstić information content (AvgIpc) is 3.22. The number of amides is 2. The number of rotatable bonds is 9. The molecule has 0 unspecified atom stereocenters. The number of nitrogens with zero attached hydrogens (tertiary/aromatic N) is 3. The van der Waals surface area contributed by atoms with Gasteiger partial charge in [-0.15, -0.1) is 10.2 Å². The minimum atomic E-state index is -0.374. The zero-order valence-corrected chi connectivity index (χ0v) is 23.5. The smallest absolute Gasteiger partial charge is 0.253 e. The fourth-order valence-electron chi connectivity index (χ4n) is 3.52. The molecule has 2 N–H and O–H groups in total. The van der Waals surface area contributed by atoms with Gasteiger partial charge in [0.05, 0.1) is 28.1 Å². The Morgan fingerprint density at radius 3 is 2.49 bits per heavy atom. The Hall–Kier alpha value is -2.36. The standard InChI is InChI=1S/C25H29BrClN5O2S/c1-6-32-23(22(14(2)3)29-24(34)17-9-7-8-10-19(17)27)30-31-25(32)35-13-21(33)28-20-12-16(5)15(4)11-18(20)26/h7-12,14,22H,6,13H2,1-5H3,(H,28,33)(H,29,34)/t22-/m0/s1. The molecule has 3 rings (SSSR count). The Balaban J connectivity index is 1.73. The lowest BCUT2D eigenvalue weighted by Crippen LogP contribution is -2.34. The molecule has 1 heterocycles. The van der Waals surface area contributed by atoms with Crippen LogP contribution in [0.3, 0.4) is 0 Å². The van der Waals surface area contributed by atoms with Crippen molar-refractivity contribution in [3.05, 3.63) is 68.4 Å². The van der Waals surface area contributed by atoms with Gasteiger partial charge in [-0.3, -0.25) is 9.59 Å². The topological polar surface area (TPSA) is 88.9 Å². The molecular weight excluding hydrogens is 550 g/mol. The zero-order valence-electron chi connectivity index (χ0n) is 20.4. The molecule has 0 saturated heterocycles. The average molecular weight is 579 g/mol. The molecule has 0 spiro atoms. The summed E-state index contributed by atoms with van der Waals surface area (Å²) >= 11 is 11.0. The van der Waals surface area contributed by atoms with Crippen LogP contribution in [0.4, 0.5) is 5.69 Å². The van der Waals surface area contributed by atoms with Gasteiger partial charge in [0.2, 0.25) is 5.91 Å². The first-order valence-corrected chi connectivity index (χ1v) is 13.5. The SMILES string of the molecule is CCn1c(SCC(=O)Nc2cc(C)c(C)cc2Br)nnc1[C@@H](NC(=O)c1ccccc1Cl)C(C)C. The number of nitrogens with one attached hydrogen (secondary N) is 2. The molecular formula is C25H29BrClN5O2S. The predicted molar refractivity (Wildman–Crippen MR) is 145 cm³/mol. The number of hydrogen-bond acceptors (Lipinski definition) is 5. The number of hydrogen-bond donors (Lipinski definition) is 2. The molecule has 0 aliphatic rings. The monoisotopic (exact) mass is 577 g/mol. The van der Waals surface area contributed by atoms with Crippen molar-refractivity contribution in [3.8, 4) is 0 Å². The Morgan fingerprint density at radius 2 is 1.83 bits per heavy atom. The van der Waals surface area contributed by atoms with E-state index < -0.39 is 0 Å². The summed E-state index contributed by atoms with van der Waals surface area (Å²) in [7, 11) is 0. The number of aryl methyl sites for hydroxylation is 2. The van der Waals surface area contributed by atoms with Crippen molar-refractivity contribution < 1.29 is 9.59 Å². The second kappa shape index (κ2) is 12.1. The summed E-state index contributed by atoms with van der Waals surface area (Å²) in [5.74, 6) is 0.462. The largest absolute Gasteiger partial charge is 0.342 e. The van der Waals surface area contributed by atoms with E-state index in [1.54, 1.807) is 24.3 Å². The molecule has 1 atom stereocenters. The number of carbonyl (C=O) groups is 2. The van der Waals surface area contributed by atoms with Crippen LogP contribution in [0, 0.1) is 19.8 Å². The third-order valence-electron chi connectivity index (χ3n) is 5.60. The first-order valence-electron chi connectivity index (χ1n) is 11.3. The van der Waals surface area contributed by atoms with Crippen molar-refractivity contribution in [2.24, 2.45) is 5.92 Å². The van der Waals surface area contributed by atoms with Gasteiger partial charge in [0.1, 0.15) is 0 Å². The highest BCUT2D eigenvalue weighted by Gasteiger charge is 2.27. The highest BCUT2D eigenvalue weighted by Crippen LogP contribution is 2.28. The maximum absolute atomic E-state index is 12.9. The number of aromatic nitrogens is 3. The second-order valence-corrected chi connectivity index (χ2v) is 10.7. The Labute approximate surface area is 223 Å². The summed E-state index contributed by atoms with van der Waals surface area (Å²) in [4.78, 5) is 25.5. The van der Waals surface area contributed by atoms with Gasteiger partial charge in [0.15, 0.2) is 11.0 Å². The third kappa shape index (κ3) is 6.65. The van der Waals surface area contributed by atoms with Crippen LogP contribution in [0.2, 0.25) is 5.02 Å². The fourth-order valence-corrected chi connectivity index (χ4v) is 5.11. The second-order valence-electron chi connectivity index (χ2n) is 8.51. The lowest BCUT2D eigenvalue weighted by Gasteiger charge is -2.22. The van der Waals surface area contributed by atoms with E-state index in [9.17, 15) is 9.59 Å². The number of thioether (sulfide) groups is 1. The van der Waals surface area contributed by atoms with Crippen LogP contribution in [0.25, 0.3) is 0 Å².